The van der Waals surface area contributed by atoms with Gasteiger partial charge in [0.2, 0.25) is 0 Å². The molecular formula is C22H26N4O2. The number of nitrogen functional groups attached to an aromatic ring is 1. The summed E-state index contributed by atoms with van der Waals surface area (Å²) in [6.45, 7) is 8.85. The maximum absolute atomic E-state index is 6.59. The van der Waals surface area contributed by atoms with Crippen molar-refractivity contribution in [3.63, 3.8) is 0 Å². The lowest BCUT2D eigenvalue weighted by Crippen LogP contribution is -2.34. The topological polar surface area (TPSA) is 74.7 Å². The number of aromatic nitrogens is 3. The average molecular weight is 378 g/mol. The van der Waals surface area contributed by atoms with E-state index in [4.69, 9.17) is 15.2 Å². The summed E-state index contributed by atoms with van der Waals surface area (Å²) in [6.07, 6.45) is 3.76. The molecule has 4 atom stereocenters. The number of anilines is 1. The molecule has 146 valence electrons. The van der Waals surface area contributed by atoms with E-state index >= 15 is 0 Å². The third-order valence-corrected chi connectivity index (χ3v) is 5.89. The molecule has 1 aliphatic rings. The fraction of sp³-hybridized carbons (Fsp3) is 0.364. The second-order valence-electron chi connectivity index (χ2n) is 7.30. The molecule has 0 bridgehead atoms. The summed E-state index contributed by atoms with van der Waals surface area (Å²) in [5, 5.41) is 4.39. The SMILES string of the molecule is C=C[C@]1(CC)O[C@@H](c2ccc3c(N)ncnn23)[C@H](OCc2ccccc2)[C@@H]1C. The molecule has 0 unspecified atom stereocenters. The molecule has 2 aromatic heterocycles. The molecule has 3 aromatic rings. The van der Waals surface area contributed by atoms with Crippen molar-refractivity contribution in [3.05, 3.63) is 72.7 Å². The van der Waals surface area contributed by atoms with Crippen LogP contribution in [0, 0.1) is 5.92 Å². The zero-order valence-electron chi connectivity index (χ0n) is 16.3. The van der Waals surface area contributed by atoms with Crippen molar-refractivity contribution in [2.45, 2.75) is 44.7 Å². The number of rotatable bonds is 6. The molecule has 4 rings (SSSR count). The predicted molar refractivity (Wildman–Crippen MR) is 109 cm³/mol. The van der Waals surface area contributed by atoms with Crippen LogP contribution in [-0.4, -0.2) is 26.3 Å². The molecule has 0 saturated carbocycles. The number of hydrogen-bond acceptors (Lipinski definition) is 5. The zero-order valence-corrected chi connectivity index (χ0v) is 16.3. The Morgan fingerprint density at radius 2 is 2.07 bits per heavy atom. The van der Waals surface area contributed by atoms with Crippen LogP contribution in [0.4, 0.5) is 5.82 Å². The highest BCUT2D eigenvalue weighted by molar-refractivity contribution is 5.65. The van der Waals surface area contributed by atoms with Gasteiger partial charge in [0, 0.05) is 5.92 Å². The Morgan fingerprint density at radius 3 is 2.79 bits per heavy atom. The lowest BCUT2D eigenvalue weighted by atomic mass is 9.84. The number of nitrogens with zero attached hydrogens (tertiary/aromatic N) is 3. The molecule has 3 heterocycles. The zero-order chi connectivity index (χ0) is 19.7. The largest absolute Gasteiger partial charge is 0.382 e. The van der Waals surface area contributed by atoms with Gasteiger partial charge < -0.3 is 15.2 Å². The van der Waals surface area contributed by atoms with Gasteiger partial charge in [-0.25, -0.2) is 9.50 Å². The molecule has 28 heavy (non-hydrogen) atoms. The first-order valence-electron chi connectivity index (χ1n) is 9.64. The maximum Gasteiger partial charge on any atom is 0.151 e. The summed E-state index contributed by atoms with van der Waals surface area (Å²) in [7, 11) is 0. The summed E-state index contributed by atoms with van der Waals surface area (Å²) in [5.41, 5.74) is 8.37. The highest BCUT2D eigenvalue weighted by Gasteiger charge is 2.52. The molecule has 1 saturated heterocycles. The molecule has 6 heteroatoms. The van der Waals surface area contributed by atoms with E-state index in [2.05, 4.69) is 42.6 Å². The number of benzene rings is 1. The summed E-state index contributed by atoms with van der Waals surface area (Å²) in [6, 6.07) is 14.1. The van der Waals surface area contributed by atoms with Crippen LogP contribution in [0.2, 0.25) is 0 Å². The highest BCUT2D eigenvalue weighted by Crippen LogP contribution is 2.48. The standard InChI is InChI=1S/C22H26N4O2/c1-4-22(5-2)15(3)19(27-13-16-9-7-6-8-10-16)20(28-22)17-11-12-18-21(23)24-14-25-26(17)18/h4,6-12,14-15,19-20H,1,5,13H2,2-3H3,(H2,23,24,25)/t15-,19+,20-,22+/m0/s1. The van der Waals surface area contributed by atoms with Crippen molar-refractivity contribution in [2.75, 3.05) is 5.73 Å². The molecule has 1 aromatic carbocycles. The second-order valence-corrected chi connectivity index (χ2v) is 7.30. The van der Waals surface area contributed by atoms with E-state index in [1.165, 1.54) is 6.33 Å². The minimum Gasteiger partial charge on any atom is -0.382 e. The molecule has 0 aliphatic carbocycles. The van der Waals surface area contributed by atoms with Gasteiger partial charge in [0.1, 0.15) is 17.9 Å². The van der Waals surface area contributed by atoms with Gasteiger partial charge in [0.15, 0.2) is 5.82 Å². The Balaban J connectivity index is 1.71. The van der Waals surface area contributed by atoms with Crippen LogP contribution in [-0.2, 0) is 16.1 Å². The van der Waals surface area contributed by atoms with E-state index in [9.17, 15) is 0 Å². The van der Waals surface area contributed by atoms with Crippen molar-refractivity contribution >= 4 is 11.3 Å². The molecule has 2 N–H and O–H groups in total. The normalized spacial score (nSPS) is 27.3. The van der Waals surface area contributed by atoms with Crippen LogP contribution < -0.4 is 5.73 Å². The Morgan fingerprint density at radius 1 is 1.29 bits per heavy atom. The second kappa shape index (κ2) is 7.37. The van der Waals surface area contributed by atoms with E-state index < -0.39 is 5.60 Å². The summed E-state index contributed by atoms with van der Waals surface area (Å²) in [5.74, 6) is 0.577. The molecular weight excluding hydrogens is 352 g/mol. The van der Waals surface area contributed by atoms with E-state index in [0.717, 1.165) is 23.2 Å². The van der Waals surface area contributed by atoms with Gasteiger partial charge >= 0.3 is 0 Å². The molecule has 0 spiro atoms. The fourth-order valence-electron chi connectivity index (χ4n) is 4.15. The van der Waals surface area contributed by atoms with Crippen molar-refractivity contribution in [2.24, 2.45) is 5.92 Å². The first kappa shape index (κ1) is 18.7. The Bertz CT molecular complexity index is 971. The van der Waals surface area contributed by atoms with E-state index in [0.29, 0.717) is 12.4 Å². The number of fused-ring (bicyclic) bond motifs is 1. The number of nitrogens with two attached hydrogens (primary N) is 1. The molecule has 1 aliphatic heterocycles. The van der Waals surface area contributed by atoms with Gasteiger partial charge in [-0.3, -0.25) is 0 Å². The molecule has 1 fully saturated rings. The third kappa shape index (κ3) is 2.99. The monoisotopic (exact) mass is 378 g/mol. The van der Waals surface area contributed by atoms with Gasteiger partial charge in [-0.15, -0.1) is 6.58 Å². The van der Waals surface area contributed by atoms with Crippen LogP contribution in [0.5, 0.6) is 0 Å². The molecule has 6 nitrogen and oxygen atoms in total. The van der Waals surface area contributed by atoms with E-state index in [1.54, 1.807) is 4.52 Å². The van der Waals surface area contributed by atoms with Crippen LogP contribution >= 0.6 is 0 Å². The Labute approximate surface area is 165 Å². The van der Waals surface area contributed by atoms with Crippen LogP contribution in [0.15, 0.2) is 61.4 Å². The quantitative estimate of drug-likeness (QED) is 0.658. The number of ether oxygens (including phenoxy) is 2. The van der Waals surface area contributed by atoms with Crippen LogP contribution in [0.3, 0.4) is 0 Å². The molecule has 0 radical (unpaired) electrons. The lowest BCUT2D eigenvalue weighted by molar-refractivity contribution is -0.0523. The van der Waals surface area contributed by atoms with Gasteiger partial charge in [0.05, 0.1) is 24.0 Å². The average Bonchev–Trinajstić information content (AvgIpc) is 3.27. The Hall–Kier alpha value is -2.70. The van der Waals surface area contributed by atoms with Crippen LogP contribution in [0.25, 0.3) is 5.52 Å². The molecule has 0 amide bonds. The first-order valence-corrected chi connectivity index (χ1v) is 9.64. The van der Waals surface area contributed by atoms with Crippen LogP contribution in [0.1, 0.15) is 37.6 Å². The lowest BCUT2D eigenvalue weighted by Gasteiger charge is -2.28. The maximum atomic E-state index is 6.59. The fourth-order valence-corrected chi connectivity index (χ4v) is 4.15. The first-order chi connectivity index (χ1) is 13.6. The highest BCUT2D eigenvalue weighted by atomic mass is 16.6. The van der Waals surface area contributed by atoms with E-state index in [1.807, 2.05) is 36.4 Å². The number of hydrogen-bond donors (Lipinski definition) is 1. The Kier molecular flexibility index (Phi) is 4.91. The van der Waals surface area contributed by atoms with Gasteiger partial charge in [0.25, 0.3) is 0 Å². The predicted octanol–water partition coefficient (Wildman–Crippen LogP) is 3.94. The minimum absolute atomic E-state index is 0.133. The van der Waals surface area contributed by atoms with Crippen molar-refractivity contribution in [1.29, 1.82) is 0 Å². The summed E-state index contributed by atoms with van der Waals surface area (Å²) < 4.78 is 14.8. The van der Waals surface area contributed by atoms with Gasteiger partial charge in [-0.2, -0.15) is 5.10 Å². The summed E-state index contributed by atoms with van der Waals surface area (Å²) >= 11 is 0. The van der Waals surface area contributed by atoms with Gasteiger partial charge in [-0.1, -0.05) is 50.3 Å². The summed E-state index contributed by atoms with van der Waals surface area (Å²) in [4.78, 5) is 4.08. The van der Waals surface area contributed by atoms with Crippen molar-refractivity contribution in [1.82, 2.24) is 14.6 Å². The smallest absolute Gasteiger partial charge is 0.151 e. The van der Waals surface area contributed by atoms with E-state index in [-0.39, 0.29) is 18.1 Å². The van der Waals surface area contributed by atoms with Crippen molar-refractivity contribution in [3.8, 4) is 0 Å². The van der Waals surface area contributed by atoms with Crippen molar-refractivity contribution < 1.29 is 9.47 Å². The third-order valence-electron chi connectivity index (χ3n) is 5.89. The van der Waals surface area contributed by atoms with Gasteiger partial charge in [-0.05, 0) is 24.1 Å². The minimum atomic E-state index is -0.450.